The highest BCUT2D eigenvalue weighted by atomic mass is 79.9. The SMILES string of the molecule is COc1ccc(-c2csc(-n3nc(-c4ccc(Br)cc4)cc3C(N)=O)n2)cc1. The van der Waals surface area contributed by atoms with Gasteiger partial charge in [-0.05, 0) is 42.5 Å². The van der Waals surface area contributed by atoms with Crippen molar-refractivity contribution in [3.8, 4) is 33.4 Å². The van der Waals surface area contributed by atoms with Crippen molar-refractivity contribution >= 4 is 33.2 Å². The number of amides is 1. The standard InChI is InChI=1S/C20H15BrN4O2S/c1-27-15-8-4-13(5-9-15)17-11-28-20(23-17)25-18(19(22)26)10-16(24-25)12-2-6-14(21)7-3-12/h2-11H,1H3,(H2,22,26). The van der Waals surface area contributed by atoms with E-state index in [1.54, 1.807) is 13.2 Å². The van der Waals surface area contributed by atoms with E-state index in [1.165, 1.54) is 16.0 Å². The third-order valence-electron chi connectivity index (χ3n) is 4.16. The first kappa shape index (κ1) is 18.4. The fraction of sp³-hybridized carbons (Fsp3) is 0.0500. The topological polar surface area (TPSA) is 83.0 Å². The summed E-state index contributed by atoms with van der Waals surface area (Å²) in [6.07, 6.45) is 0. The molecule has 2 heterocycles. The monoisotopic (exact) mass is 454 g/mol. The predicted octanol–water partition coefficient (Wildman–Crippen LogP) is 4.53. The molecule has 0 spiro atoms. The van der Waals surface area contributed by atoms with Gasteiger partial charge in [0.05, 0.1) is 18.5 Å². The van der Waals surface area contributed by atoms with Gasteiger partial charge in [-0.2, -0.15) is 9.78 Å². The summed E-state index contributed by atoms with van der Waals surface area (Å²) in [6, 6.07) is 17.0. The van der Waals surface area contributed by atoms with Gasteiger partial charge in [0.25, 0.3) is 5.91 Å². The van der Waals surface area contributed by atoms with E-state index < -0.39 is 5.91 Å². The molecule has 0 radical (unpaired) electrons. The molecule has 0 saturated carbocycles. The Morgan fingerprint density at radius 3 is 2.36 bits per heavy atom. The first-order valence-corrected chi connectivity index (χ1v) is 9.98. The van der Waals surface area contributed by atoms with Crippen molar-refractivity contribution in [1.29, 1.82) is 0 Å². The lowest BCUT2D eigenvalue weighted by Gasteiger charge is -2.01. The molecule has 0 bridgehead atoms. The van der Waals surface area contributed by atoms with Gasteiger partial charge >= 0.3 is 0 Å². The Morgan fingerprint density at radius 1 is 1.07 bits per heavy atom. The Kier molecular flexibility index (Phi) is 4.97. The van der Waals surface area contributed by atoms with E-state index in [9.17, 15) is 4.79 Å². The lowest BCUT2D eigenvalue weighted by Crippen LogP contribution is -2.16. The summed E-state index contributed by atoms with van der Waals surface area (Å²) < 4.78 is 7.65. The summed E-state index contributed by atoms with van der Waals surface area (Å²) in [7, 11) is 1.63. The molecule has 140 valence electrons. The van der Waals surface area contributed by atoms with Crippen LogP contribution in [-0.4, -0.2) is 27.8 Å². The minimum absolute atomic E-state index is 0.286. The Morgan fingerprint density at radius 2 is 1.71 bits per heavy atom. The molecule has 0 saturated heterocycles. The second-order valence-electron chi connectivity index (χ2n) is 5.94. The van der Waals surface area contributed by atoms with E-state index in [1.807, 2.05) is 53.9 Å². The van der Waals surface area contributed by atoms with Crippen molar-refractivity contribution < 1.29 is 9.53 Å². The Balaban J connectivity index is 1.73. The third-order valence-corrected chi connectivity index (χ3v) is 5.51. The minimum atomic E-state index is -0.558. The summed E-state index contributed by atoms with van der Waals surface area (Å²) in [6.45, 7) is 0. The van der Waals surface area contributed by atoms with E-state index in [0.29, 0.717) is 10.8 Å². The number of halogens is 1. The number of nitrogens with zero attached hydrogens (tertiary/aromatic N) is 3. The van der Waals surface area contributed by atoms with E-state index in [4.69, 9.17) is 10.5 Å². The molecule has 4 aromatic rings. The van der Waals surface area contributed by atoms with Crippen LogP contribution in [0.5, 0.6) is 5.75 Å². The number of carbonyl (C=O) groups is 1. The molecule has 2 aromatic carbocycles. The number of nitrogens with two attached hydrogens (primary N) is 1. The molecule has 8 heteroatoms. The average molecular weight is 455 g/mol. The van der Waals surface area contributed by atoms with E-state index in [-0.39, 0.29) is 5.69 Å². The maximum absolute atomic E-state index is 12.0. The predicted molar refractivity (Wildman–Crippen MR) is 113 cm³/mol. The van der Waals surface area contributed by atoms with Crippen LogP contribution in [0.15, 0.2) is 64.5 Å². The van der Waals surface area contributed by atoms with Crippen LogP contribution in [0.2, 0.25) is 0 Å². The normalized spacial score (nSPS) is 10.8. The summed E-state index contributed by atoms with van der Waals surface area (Å²) in [5.74, 6) is 0.221. The molecular formula is C20H15BrN4O2S. The van der Waals surface area contributed by atoms with E-state index in [0.717, 1.165) is 27.0 Å². The largest absolute Gasteiger partial charge is 0.497 e. The molecule has 0 aliphatic rings. The maximum atomic E-state index is 12.0. The number of hydrogen-bond acceptors (Lipinski definition) is 5. The number of ether oxygens (including phenoxy) is 1. The van der Waals surface area contributed by atoms with Crippen LogP contribution in [0, 0.1) is 0 Å². The maximum Gasteiger partial charge on any atom is 0.267 e. The first-order valence-electron chi connectivity index (χ1n) is 8.31. The number of hydrogen-bond donors (Lipinski definition) is 1. The molecule has 0 aliphatic heterocycles. The van der Waals surface area contributed by atoms with Gasteiger partial charge in [-0.25, -0.2) is 4.98 Å². The van der Waals surface area contributed by atoms with Gasteiger partial charge < -0.3 is 10.5 Å². The molecule has 6 nitrogen and oxygen atoms in total. The van der Waals surface area contributed by atoms with Crippen LogP contribution in [0.25, 0.3) is 27.6 Å². The highest BCUT2D eigenvalue weighted by Crippen LogP contribution is 2.28. The zero-order valence-corrected chi connectivity index (χ0v) is 17.2. The fourth-order valence-electron chi connectivity index (χ4n) is 2.72. The second kappa shape index (κ2) is 7.57. The highest BCUT2D eigenvalue weighted by Gasteiger charge is 2.18. The molecule has 2 N–H and O–H groups in total. The average Bonchev–Trinajstić information content (AvgIpc) is 3.36. The number of carbonyl (C=O) groups excluding carboxylic acids is 1. The molecule has 0 fully saturated rings. The van der Waals surface area contributed by atoms with Gasteiger partial charge in [0.2, 0.25) is 5.13 Å². The first-order chi connectivity index (χ1) is 13.5. The Bertz CT molecular complexity index is 1130. The van der Waals surface area contributed by atoms with Gasteiger partial charge in [-0.15, -0.1) is 11.3 Å². The van der Waals surface area contributed by atoms with Crippen LogP contribution >= 0.6 is 27.3 Å². The lowest BCUT2D eigenvalue weighted by atomic mass is 10.1. The molecule has 0 aliphatic carbocycles. The molecular weight excluding hydrogens is 440 g/mol. The third kappa shape index (κ3) is 3.56. The van der Waals surface area contributed by atoms with Gasteiger partial charge in [0.1, 0.15) is 11.4 Å². The van der Waals surface area contributed by atoms with Crippen LogP contribution in [0.1, 0.15) is 10.5 Å². The van der Waals surface area contributed by atoms with E-state index >= 15 is 0 Å². The second-order valence-corrected chi connectivity index (χ2v) is 7.69. The number of aromatic nitrogens is 3. The molecule has 0 unspecified atom stereocenters. The summed E-state index contributed by atoms with van der Waals surface area (Å²) in [5, 5.41) is 7.06. The molecule has 2 aromatic heterocycles. The van der Waals surface area contributed by atoms with Crippen LogP contribution in [-0.2, 0) is 0 Å². The number of thiazole rings is 1. The van der Waals surface area contributed by atoms with E-state index in [2.05, 4.69) is 26.0 Å². The number of rotatable bonds is 5. The molecule has 28 heavy (non-hydrogen) atoms. The van der Waals surface area contributed by atoms with Gasteiger partial charge in [0.15, 0.2) is 0 Å². The van der Waals surface area contributed by atoms with Crippen molar-refractivity contribution in [2.45, 2.75) is 0 Å². The highest BCUT2D eigenvalue weighted by molar-refractivity contribution is 9.10. The Hall–Kier alpha value is -2.97. The number of primary amides is 1. The van der Waals surface area contributed by atoms with Crippen LogP contribution in [0.4, 0.5) is 0 Å². The zero-order valence-electron chi connectivity index (χ0n) is 14.8. The van der Waals surface area contributed by atoms with Crippen molar-refractivity contribution in [3.05, 3.63) is 70.1 Å². The number of methoxy groups -OCH3 is 1. The smallest absolute Gasteiger partial charge is 0.267 e. The van der Waals surface area contributed by atoms with Crippen LogP contribution in [0.3, 0.4) is 0 Å². The minimum Gasteiger partial charge on any atom is -0.497 e. The summed E-state index contributed by atoms with van der Waals surface area (Å²) in [4.78, 5) is 16.6. The van der Waals surface area contributed by atoms with Crippen molar-refractivity contribution in [3.63, 3.8) is 0 Å². The fourth-order valence-corrected chi connectivity index (χ4v) is 3.78. The molecule has 1 amide bonds. The van der Waals surface area contributed by atoms with Crippen molar-refractivity contribution in [2.24, 2.45) is 5.73 Å². The van der Waals surface area contributed by atoms with Gasteiger partial charge in [-0.1, -0.05) is 28.1 Å². The molecule has 4 rings (SSSR count). The van der Waals surface area contributed by atoms with Gasteiger partial charge in [-0.3, -0.25) is 4.79 Å². The zero-order chi connectivity index (χ0) is 19.7. The Labute approximate surface area is 173 Å². The summed E-state index contributed by atoms with van der Waals surface area (Å²) >= 11 is 4.81. The van der Waals surface area contributed by atoms with Crippen molar-refractivity contribution in [1.82, 2.24) is 14.8 Å². The van der Waals surface area contributed by atoms with Crippen molar-refractivity contribution in [2.75, 3.05) is 7.11 Å². The molecule has 0 atom stereocenters. The van der Waals surface area contributed by atoms with Gasteiger partial charge in [0, 0.05) is 21.0 Å². The number of benzene rings is 2. The lowest BCUT2D eigenvalue weighted by molar-refractivity contribution is 0.0993. The summed E-state index contributed by atoms with van der Waals surface area (Å²) in [5.41, 5.74) is 9.14. The quantitative estimate of drug-likeness (QED) is 0.479. The van der Waals surface area contributed by atoms with Crippen LogP contribution < -0.4 is 10.5 Å².